The first-order valence-corrected chi connectivity index (χ1v) is 5.72. The lowest BCUT2D eigenvalue weighted by Gasteiger charge is -2.03. The minimum atomic E-state index is -0.371. The summed E-state index contributed by atoms with van der Waals surface area (Å²) in [6, 6.07) is 6.04. The summed E-state index contributed by atoms with van der Waals surface area (Å²) < 4.78 is 13.6. The summed E-state index contributed by atoms with van der Waals surface area (Å²) >= 11 is 1.07. The molecule has 2 rings (SSSR count). The van der Waals surface area contributed by atoms with Gasteiger partial charge in [-0.3, -0.25) is 4.79 Å². The molecule has 0 unspecified atom stereocenters. The van der Waals surface area contributed by atoms with Crippen LogP contribution in [0.1, 0.15) is 5.56 Å². The number of hydrogen-bond acceptors (Lipinski definition) is 4. The Labute approximate surface area is 101 Å². The molecule has 3 N–H and O–H groups in total. The molecule has 0 amide bonds. The van der Waals surface area contributed by atoms with E-state index < -0.39 is 0 Å². The fourth-order valence-corrected chi connectivity index (χ4v) is 2.03. The van der Waals surface area contributed by atoms with Gasteiger partial charge in [0.1, 0.15) is 5.82 Å². The van der Waals surface area contributed by atoms with E-state index in [1.54, 1.807) is 12.1 Å². The van der Waals surface area contributed by atoms with Gasteiger partial charge in [-0.1, -0.05) is 6.07 Å². The molecule has 0 aliphatic heterocycles. The smallest absolute Gasteiger partial charge is 0.251 e. The highest BCUT2D eigenvalue weighted by Crippen LogP contribution is 2.26. The molecule has 6 heteroatoms. The molecular weight excluding hydrogens is 241 g/mol. The van der Waals surface area contributed by atoms with Crippen molar-refractivity contribution in [2.75, 3.05) is 0 Å². The van der Waals surface area contributed by atoms with E-state index in [9.17, 15) is 9.18 Å². The first kappa shape index (κ1) is 11.8. The highest BCUT2D eigenvalue weighted by atomic mass is 32.2. The summed E-state index contributed by atoms with van der Waals surface area (Å²) in [6.45, 7) is 0.294. The van der Waals surface area contributed by atoms with Crippen LogP contribution in [-0.4, -0.2) is 9.97 Å². The number of hydrogen-bond donors (Lipinski definition) is 2. The maximum atomic E-state index is 13.6. The number of aromatic nitrogens is 2. The Morgan fingerprint density at radius 1 is 1.41 bits per heavy atom. The van der Waals surface area contributed by atoms with Crippen LogP contribution in [0.25, 0.3) is 0 Å². The second-order valence-corrected chi connectivity index (χ2v) is 4.34. The summed E-state index contributed by atoms with van der Waals surface area (Å²) in [6.07, 6.45) is 1.38. The first-order chi connectivity index (χ1) is 8.19. The molecule has 0 saturated heterocycles. The molecule has 4 nitrogen and oxygen atoms in total. The summed E-state index contributed by atoms with van der Waals surface area (Å²) in [4.78, 5) is 17.9. The van der Waals surface area contributed by atoms with Crippen molar-refractivity contribution in [1.29, 1.82) is 0 Å². The number of halogens is 1. The van der Waals surface area contributed by atoms with Crippen molar-refractivity contribution in [3.05, 3.63) is 52.2 Å². The number of benzene rings is 1. The molecule has 0 saturated carbocycles. The van der Waals surface area contributed by atoms with E-state index in [2.05, 4.69) is 9.97 Å². The molecule has 88 valence electrons. The Balaban J connectivity index is 2.27. The number of H-pyrrole nitrogens is 1. The molecular formula is C11H10FN3OS. The third kappa shape index (κ3) is 2.92. The second kappa shape index (κ2) is 5.11. The van der Waals surface area contributed by atoms with Crippen LogP contribution >= 0.6 is 11.8 Å². The standard InChI is InChI=1S/C11H10FN3OS/c12-8-5-7(6-13)1-2-9(8)17-11-14-4-3-10(16)15-11/h1-5H,6,13H2,(H,14,15,16). The van der Waals surface area contributed by atoms with E-state index in [4.69, 9.17) is 5.73 Å². The third-order valence-electron chi connectivity index (χ3n) is 2.09. The van der Waals surface area contributed by atoms with Gasteiger partial charge in [-0.2, -0.15) is 0 Å². The lowest BCUT2D eigenvalue weighted by atomic mass is 10.2. The van der Waals surface area contributed by atoms with Gasteiger partial charge in [0.25, 0.3) is 5.56 Å². The first-order valence-electron chi connectivity index (χ1n) is 4.91. The van der Waals surface area contributed by atoms with Gasteiger partial charge in [0, 0.05) is 18.8 Å². The van der Waals surface area contributed by atoms with Crippen LogP contribution in [0.4, 0.5) is 4.39 Å². The topological polar surface area (TPSA) is 71.8 Å². The van der Waals surface area contributed by atoms with Crippen LogP contribution in [0, 0.1) is 5.82 Å². The van der Waals surface area contributed by atoms with Crippen molar-refractivity contribution in [3.63, 3.8) is 0 Å². The molecule has 0 atom stereocenters. The Bertz CT molecular complexity index is 585. The fraction of sp³-hybridized carbons (Fsp3) is 0.0909. The summed E-state index contributed by atoms with van der Waals surface area (Å²) in [7, 11) is 0. The van der Waals surface area contributed by atoms with E-state index in [0.717, 1.165) is 17.3 Å². The van der Waals surface area contributed by atoms with Crippen molar-refractivity contribution in [1.82, 2.24) is 9.97 Å². The van der Waals surface area contributed by atoms with Gasteiger partial charge < -0.3 is 10.7 Å². The fourth-order valence-electron chi connectivity index (χ4n) is 1.26. The largest absolute Gasteiger partial charge is 0.326 e. The molecule has 0 aliphatic rings. The van der Waals surface area contributed by atoms with Gasteiger partial charge in [0.15, 0.2) is 5.16 Å². The van der Waals surface area contributed by atoms with Crippen LogP contribution in [0.2, 0.25) is 0 Å². The lowest BCUT2D eigenvalue weighted by molar-refractivity contribution is 0.599. The SMILES string of the molecule is NCc1ccc(Sc2nccc(=O)[nH]2)c(F)c1. The van der Waals surface area contributed by atoms with Gasteiger partial charge in [-0.25, -0.2) is 9.37 Å². The van der Waals surface area contributed by atoms with Crippen molar-refractivity contribution >= 4 is 11.8 Å². The maximum Gasteiger partial charge on any atom is 0.251 e. The van der Waals surface area contributed by atoms with Crippen molar-refractivity contribution in [2.45, 2.75) is 16.6 Å². The summed E-state index contributed by atoms with van der Waals surface area (Å²) in [5, 5.41) is 0.358. The van der Waals surface area contributed by atoms with E-state index in [1.165, 1.54) is 18.3 Å². The number of nitrogens with one attached hydrogen (secondary N) is 1. The maximum absolute atomic E-state index is 13.6. The number of nitrogens with two attached hydrogens (primary N) is 1. The van der Waals surface area contributed by atoms with Crippen LogP contribution in [0.15, 0.2) is 45.3 Å². The van der Waals surface area contributed by atoms with E-state index >= 15 is 0 Å². The van der Waals surface area contributed by atoms with Gasteiger partial charge in [0.05, 0.1) is 4.90 Å². The Kier molecular flexibility index (Phi) is 3.55. The molecule has 0 radical (unpaired) electrons. The number of aromatic amines is 1. The van der Waals surface area contributed by atoms with Crippen LogP contribution in [0.3, 0.4) is 0 Å². The molecule has 0 bridgehead atoms. The zero-order chi connectivity index (χ0) is 12.3. The predicted molar refractivity (Wildman–Crippen MR) is 63.3 cm³/mol. The van der Waals surface area contributed by atoms with Crippen LogP contribution in [0.5, 0.6) is 0 Å². The monoisotopic (exact) mass is 251 g/mol. The number of nitrogens with zero attached hydrogens (tertiary/aromatic N) is 1. The van der Waals surface area contributed by atoms with E-state index in [0.29, 0.717) is 16.6 Å². The van der Waals surface area contributed by atoms with Crippen LogP contribution in [-0.2, 0) is 6.54 Å². The minimum absolute atomic E-state index is 0.263. The van der Waals surface area contributed by atoms with Gasteiger partial charge in [-0.15, -0.1) is 0 Å². The Morgan fingerprint density at radius 2 is 2.24 bits per heavy atom. The summed E-state index contributed by atoms with van der Waals surface area (Å²) in [5.74, 6) is -0.371. The van der Waals surface area contributed by atoms with Crippen molar-refractivity contribution in [2.24, 2.45) is 5.73 Å². The molecule has 1 heterocycles. The molecule has 0 spiro atoms. The van der Waals surface area contributed by atoms with Gasteiger partial charge in [0.2, 0.25) is 0 Å². The average Bonchev–Trinajstić information content (AvgIpc) is 2.32. The normalized spacial score (nSPS) is 10.5. The second-order valence-electron chi connectivity index (χ2n) is 3.31. The van der Waals surface area contributed by atoms with Crippen molar-refractivity contribution < 1.29 is 4.39 Å². The minimum Gasteiger partial charge on any atom is -0.326 e. The highest BCUT2D eigenvalue weighted by molar-refractivity contribution is 7.99. The van der Waals surface area contributed by atoms with E-state index in [1.807, 2.05) is 0 Å². The average molecular weight is 251 g/mol. The predicted octanol–water partition coefficient (Wildman–Crippen LogP) is 1.52. The zero-order valence-corrected chi connectivity index (χ0v) is 9.63. The quantitative estimate of drug-likeness (QED) is 0.811. The number of rotatable bonds is 3. The Hall–Kier alpha value is -1.66. The molecule has 0 aliphatic carbocycles. The molecule has 0 fully saturated rings. The summed E-state index contributed by atoms with van der Waals surface area (Å²) in [5.41, 5.74) is 5.87. The molecule has 1 aromatic heterocycles. The zero-order valence-electron chi connectivity index (χ0n) is 8.81. The molecule has 17 heavy (non-hydrogen) atoms. The van der Waals surface area contributed by atoms with Gasteiger partial charge in [-0.05, 0) is 29.5 Å². The Morgan fingerprint density at radius 3 is 2.88 bits per heavy atom. The molecule has 2 aromatic rings. The third-order valence-corrected chi connectivity index (χ3v) is 3.04. The lowest BCUT2D eigenvalue weighted by Crippen LogP contribution is -2.05. The van der Waals surface area contributed by atoms with Crippen LogP contribution < -0.4 is 11.3 Å². The van der Waals surface area contributed by atoms with E-state index in [-0.39, 0.29) is 11.4 Å². The highest BCUT2D eigenvalue weighted by Gasteiger charge is 2.06. The van der Waals surface area contributed by atoms with Gasteiger partial charge >= 0.3 is 0 Å². The van der Waals surface area contributed by atoms with Crippen molar-refractivity contribution in [3.8, 4) is 0 Å². The molecule has 1 aromatic carbocycles.